The molecule has 2 rings (SSSR count). The largest absolute Gasteiger partial charge is 0.366 e. The number of aryl methyl sites for hydroxylation is 1. The van der Waals surface area contributed by atoms with E-state index in [1.165, 1.54) is 0 Å². The molecule has 14 heavy (non-hydrogen) atoms. The molecule has 72 valence electrons. The molecule has 0 aliphatic carbocycles. The summed E-state index contributed by atoms with van der Waals surface area (Å²) in [5, 5.41) is 3.19. The van der Waals surface area contributed by atoms with Gasteiger partial charge in [-0.15, -0.1) is 0 Å². The molecule has 2 heterocycles. The van der Waals surface area contributed by atoms with Gasteiger partial charge in [-0.2, -0.15) is 0 Å². The van der Waals surface area contributed by atoms with Crippen molar-refractivity contribution in [2.24, 2.45) is 0 Å². The normalized spacial score (nSPS) is 10.1. The van der Waals surface area contributed by atoms with Crippen molar-refractivity contribution in [3.8, 4) is 0 Å². The topological polar surface area (TPSA) is 40.7 Å². The van der Waals surface area contributed by atoms with Gasteiger partial charge in [0.1, 0.15) is 5.82 Å². The molecular formula is C10H10BrN3. The SMILES string of the molecule is Cc1nc(Nc2cc[nH]c2)ccc1Br. The van der Waals surface area contributed by atoms with Crippen LogP contribution in [0.5, 0.6) is 0 Å². The molecule has 2 aromatic rings. The van der Waals surface area contributed by atoms with Crippen LogP contribution in [0, 0.1) is 6.92 Å². The second-order valence-corrected chi connectivity index (χ2v) is 3.84. The Bertz CT molecular complexity index is 423. The van der Waals surface area contributed by atoms with Crippen molar-refractivity contribution in [3.05, 3.63) is 40.8 Å². The number of anilines is 2. The van der Waals surface area contributed by atoms with E-state index in [9.17, 15) is 0 Å². The Labute approximate surface area is 90.7 Å². The molecule has 3 nitrogen and oxygen atoms in total. The van der Waals surface area contributed by atoms with Gasteiger partial charge in [0.05, 0.1) is 11.4 Å². The lowest BCUT2D eigenvalue weighted by Gasteiger charge is -2.04. The van der Waals surface area contributed by atoms with Crippen molar-refractivity contribution in [2.45, 2.75) is 6.92 Å². The first kappa shape index (κ1) is 9.27. The Balaban J connectivity index is 2.22. The number of aromatic nitrogens is 2. The fourth-order valence-corrected chi connectivity index (χ4v) is 1.38. The van der Waals surface area contributed by atoms with Crippen LogP contribution >= 0.6 is 15.9 Å². The van der Waals surface area contributed by atoms with E-state index in [2.05, 4.69) is 31.2 Å². The van der Waals surface area contributed by atoms with Gasteiger partial charge in [-0.3, -0.25) is 0 Å². The fourth-order valence-electron chi connectivity index (χ4n) is 1.16. The molecule has 2 aromatic heterocycles. The molecule has 0 saturated carbocycles. The summed E-state index contributed by atoms with van der Waals surface area (Å²) in [5.74, 6) is 0.852. The predicted octanol–water partition coefficient (Wildman–Crippen LogP) is 3.22. The molecule has 0 amide bonds. The molecule has 0 radical (unpaired) electrons. The maximum atomic E-state index is 4.38. The Kier molecular flexibility index (Phi) is 2.54. The van der Waals surface area contributed by atoms with E-state index in [1.54, 1.807) is 0 Å². The Hall–Kier alpha value is -1.29. The zero-order chi connectivity index (χ0) is 9.97. The molecule has 0 saturated heterocycles. The number of nitrogens with one attached hydrogen (secondary N) is 2. The molecule has 0 aliphatic heterocycles. The molecule has 2 N–H and O–H groups in total. The summed E-state index contributed by atoms with van der Waals surface area (Å²) >= 11 is 3.41. The van der Waals surface area contributed by atoms with Crippen LogP contribution in [0.25, 0.3) is 0 Å². The zero-order valence-corrected chi connectivity index (χ0v) is 9.30. The van der Waals surface area contributed by atoms with Crippen LogP contribution in [-0.4, -0.2) is 9.97 Å². The van der Waals surface area contributed by atoms with Gasteiger partial charge in [-0.05, 0) is 41.1 Å². The van der Waals surface area contributed by atoms with E-state index in [0.717, 1.165) is 21.7 Å². The Morgan fingerprint density at radius 3 is 2.86 bits per heavy atom. The number of nitrogens with zero attached hydrogens (tertiary/aromatic N) is 1. The molecule has 0 unspecified atom stereocenters. The van der Waals surface area contributed by atoms with Crippen molar-refractivity contribution in [1.29, 1.82) is 0 Å². The monoisotopic (exact) mass is 251 g/mol. The summed E-state index contributed by atoms with van der Waals surface area (Å²) in [6.07, 6.45) is 3.76. The third-order valence-electron chi connectivity index (χ3n) is 1.89. The van der Waals surface area contributed by atoms with Crippen LogP contribution in [0.3, 0.4) is 0 Å². The Morgan fingerprint density at radius 2 is 2.21 bits per heavy atom. The lowest BCUT2D eigenvalue weighted by molar-refractivity contribution is 1.18. The third-order valence-corrected chi connectivity index (χ3v) is 2.73. The smallest absolute Gasteiger partial charge is 0.130 e. The highest BCUT2D eigenvalue weighted by Crippen LogP contribution is 2.18. The van der Waals surface area contributed by atoms with Crippen LogP contribution in [0.4, 0.5) is 11.5 Å². The molecule has 4 heteroatoms. The summed E-state index contributed by atoms with van der Waals surface area (Å²) in [6, 6.07) is 5.88. The van der Waals surface area contributed by atoms with E-state index in [0.29, 0.717) is 0 Å². The van der Waals surface area contributed by atoms with Gasteiger partial charge in [0, 0.05) is 16.9 Å². The molecule has 0 atom stereocenters. The summed E-state index contributed by atoms with van der Waals surface area (Å²) in [7, 11) is 0. The number of hydrogen-bond acceptors (Lipinski definition) is 2. The minimum Gasteiger partial charge on any atom is -0.366 e. The fraction of sp³-hybridized carbons (Fsp3) is 0.100. The van der Waals surface area contributed by atoms with Gasteiger partial charge in [-0.25, -0.2) is 4.98 Å². The number of hydrogen-bond donors (Lipinski definition) is 2. The number of aromatic amines is 1. The minimum absolute atomic E-state index is 0.852. The first-order chi connectivity index (χ1) is 6.75. The van der Waals surface area contributed by atoms with E-state index in [4.69, 9.17) is 0 Å². The average molecular weight is 252 g/mol. The van der Waals surface area contributed by atoms with E-state index in [-0.39, 0.29) is 0 Å². The lowest BCUT2D eigenvalue weighted by Crippen LogP contribution is -1.93. The Morgan fingerprint density at radius 1 is 1.36 bits per heavy atom. The standard InChI is InChI=1S/C10H10BrN3/c1-7-9(11)2-3-10(13-7)14-8-4-5-12-6-8/h2-6,12H,1H3,(H,13,14). The van der Waals surface area contributed by atoms with Crippen molar-refractivity contribution in [2.75, 3.05) is 5.32 Å². The maximum Gasteiger partial charge on any atom is 0.130 e. The van der Waals surface area contributed by atoms with Crippen LogP contribution in [0.15, 0.2) is 35.1 Å². The van der Waals surface area contributed by atoms with Gasteiger partial charge in [0.25, 0.3) is 0 Å². The highest BCUT2D eigenvalue weighted by atomic mass is 79.9. The van der Waals surface area contributed by atoms with Crippen LogP contribution < -0.4 is 5.32 Å². The van der Waals surface area contributed by atoms with Gasteiger partial charge in [0.15, 0.2) is 0 Å². The highest BCUT2D eigenvalue weighted by molar-refractivity contribution is 9.10. The lowest BCUT2D eigenvalue weighted by atomic mass is 10.3. The van der Waals surface area contributed by atoms with Gasteiger partial charge < -0.3 is 10.3 Å². The number of pyridine rings is 1. The maximum absolute atomic E-state index is 4.38. The van der Waals surface area contributed by atoms with Crippen LogP contribution in [0.2, 0.25) is 0 Å². The van der Waals surface area contributed by atoms with E-state index in [1.807, 2.05) is 37.5 Å². The second kappa shape index (κ2) is 3.84. The number of H-pyrrole nitrogens is 1. The number of rotatable bonds is 2. The molecule has 0 bridgehead atoms. The zero-order valence-electron chi connectivity index (χ0n) is 7.71. The van der Waals surface area contributed by atoms with Crippen molar-refractivity contribution in [3.63, 3.8) is 0 Å². The van der Waals surface area contributed by atoms with Crippen LogP contribution in [0.1, 0.15) is 5.69 Å². The molecule has 0 spiro atoms. The summed E-state index contributed by atoms with van der Waals surface area (Å²) in [4.78, 5) is 7.35. The van der Waals surface area contributed by atoms with Crippen LogP contribution in [-0.2, 0) is 0 Å². The summed E-state index contributed by atoms with van der Waals surface area (Å²) in [5.41, 5.74) is 1.99. The molecular weight excluding hydrogens is 242 g/mol. The third kappa shape index (κ3) is 1.96. The van der Waals surface area contributed by atoms with Gasteiger partial charge >= 0.3 is 0 Å². The van der Waals surface area contributed by atoms with Crippen molar-refractivity contribution < 1.29 is 0 Å². The first-order valence-electron chi connectivity index (χ1n) is 4.28. The number of halogens is 1. The predicted molar refractivity (Wildman–Crippen MR) is 60.7 cm³/mol. The van der Waals surface area contributed by atoms with Gasteiger partial charge in [0.2, 0.25) is 0 Å². The quantitative estimate of drug-likeness (QED) is 0.861. The van der Waals surface area contributed by atoms with Crippen molar-refractivity contribution >= 4 is 27.4 Å². The minimum atomic E-state index is 0.852. The average Bonchev–Trinajstić information content (AvgIpc) is 2.64. The molecule has 0 aliphatic rings. The van der Waals surface area contributed by atoms with Gasteiger partial charge in [-0.1, -0.05) is 0 Å². The molecule has 0 aromatic carbocycles. The first-order valence-corrected chi connectivity index (χ1v) is 5.08. The van der Waals surface area contributed by atoms with E-state index >= 15 is 0 Å². The summed E-state index contributed by atoms with van der Waals surface area (Å²) < 4.78 is 1.03. The van der Waals surface area contributed by atoms with E-state index < -0.39 is 0 Å². The molecule has 0 fully saturated rings. The second-order valence-electron chi connectivity index (χ2n) is 2.99. The summed E-state index contributed by atoms with van der Waals surface area (Å²) in [6.45, 7) is 1.96. The van der Waals surface area contributed by atoms with Crippen molar-refractivity contribution in [1.82, 2.24) is 9.97 Å². The highest BCUT2D eigenvalue weighted by Gasteiger charge is 1.99.